The van der Waals surface area contributed by atoms with Crippen LogP contribution in [0.25, 0.3) is 0 Å². The van der Waals surface area contributed by atoms with Crippen molar-refractivity contribution in [2.75, 3.05) is 0 Å². The zero-order chi connectivity index (χ0) is 13.0. The van der Waals surface area contributed by atoms with Crippen LogP contribution in [0.5, 0.6) is 0 Å². The molecule has 1 amide bonds. The van der Waals surface area contributed by atoms with Gasteiger partial charge in [0.2, 0.25) is 5.91 Å². The molecule has 0 saturated carbocycles. The molecular weight excluding hydrogens is 222 g/mol. The van der Waals surface area contributed by atoms with Gasteiger partial charge in [-0.1, -0.05) is 6.92 Å². The van der Waals surface area contributed by atoms with Crippen LogP contribution >= 0.6 is 0 Å². The number of hydrogen-bond donors (Lipinski definition) is 3. The lowest BCUT2D eigenvalue weighted by molar-refractivity contribution is -0.184. The van der Waals surface area contributed by atoms with Crippen LogP contribution in [0.2, 0.25) is 0 Å². The Morgan fingerprint density at radius 1 is 1.41 bits per heavy atom. The number of hydrogen-bond acceptors (Lipinski definition) is 4. The van der Waals surface area contributed by atoms with Crippen molar-refractivity contribution in [2.45, 2.75) is 57.1 Å². The number of aliphatic hydroxyl groups excluding tert-OH is 2. The highest BCUT2D eigenvalue weighted by molar-refractivity contribution is 5.73. The van der Waals surface area contributed by atoms with Crippen LogP contribution in [-0.2, 0) is 9.53 Å². The first kappa shape index (κ1) is 14.0. The lowest BCUT2D eigenvalue weighted by Crippen LogP contribution is -2.63. The van der Waals surface area contributed by atoms with Crippen LogP contribution in [-0.4, -0.2) is 46.6 Å². The summed E-state index contributed by atoms with van der Waals surface area (Å²) in [6.07, 6.45) is 3.11. The van der Waals surface area contributed by atoms with Gasteiger partial charge in [-0.3, -0.25) is 4.79 Å². The van der Waals surface area contributed by atoms with Crippen LogP contribution < -0.4 is 5.32 Å². The predicted molar refractivity (Wildman–Crippen MR) is 62.0 cm³/mol. The number of nitrogens with one attached hydrogen (secondary N) is 1. The molecule has 0 aromatic carbocycles. The highest BCUT2D eigenvalue weighted by Gasteiger charge is 2.43. The molecule has 1 fully saturated rings. The minimum atomic E-state index is -1.06. The molecule has 17 heavy (non-hydrogen) atoms. The molecule has 1 aliphatic heterocycles. The summed E-state index contributed by atoms with van der Waals surface area (Å²) >= 11 is 0. The Bertz CT molecular complexity index is 312. The number of amides is 1. The molecule has 3 N–H and O–H groups in total. The molecule has 1 heterocycles. The van der Waals surface area contributed by atoms with Gasteiger partial charge < -0.3 is 20.3 Å². The van der Waals surface area contributed by atoms with Crippen molar-refractivity contribution in [3.05, 3.63) is 0 Å². The van der Waals surface area contributed by atoms with Crippen molar-refractivity contribution >= 4 is 5.91 Å². The van der Waals surface area contributed by atoms with E-state index in [4.69, 9.17) is 11.2 Å². The molecule has 5 heteroatoms. The maximum Gasteiger partial charge on any atom is 0.217 e. The molecule has 0 spiro atoms. The Hall–Kier alpha value is -1.09. The Morgan fingerprint density at radius 2 is 2.06 bits per heavy atom. The summed E-state index contributed by atoms with van der Waals surface area (Å²) in [5.74, 6) is 2.16. The lowest BCUT2D eigenvalue weighted by Gasteiger charge is -2.42. The molecule has 0 radical (unpaired) electrons. The summed E-state index contributed by atoms with van der Waals surface area (Å²) in [6, 6.07) is -0.665. The second-order valence-electron chi connectivity index (χ2n) is 4.24. The summed E-state index contributed by atoms with van der Waals surface area (Å²) in [6.45, 7) is 3.20. The number of carbonyl (C=O) groups is 1. The third-order valence-electron chi connectivity index (χ3n) is 2.94. The molecule has 1 saturated heterocycles. The van der Waals surface area contributed by atoms with E-state index >= 15 is 0 Å². The van der Waals surface area contributed by atoms with Crippen molar-refractivity contribution in [3.63, 3.8) is 0 Å². The van der Waals surface area contributed by atoms with E-state index in [0.717, 1.165) is 0 Å². The molecule has 96 valence electrons. The van der Waals surface area contributed by atoms with E-state index < -0.39 is 30.5 Å². The van der Waals surface area contributed by atoms with Gasteiger partial charge >= 0.3 is 0 Å². The molecular formula is C12H19NO4. The largest absolute Gasteiger partial charge is 0.388 e. The second-order valence-corrected chi connectivity index (χ2v) is 4.24. The van der Waals surface area contributed by atoms with Gasteiger partial charge in [0.15, 0.2) is 0 Å². The molecule has 5 atom stereocenters. The topological polar surface area (TPSA) is 78.8 Å². The van der Waals surface area contributed by atoms with E-state index in [1.165, 1.54) is 6.92 Å². The number of terminal acetylenes is 1. The Kier molecular flexibility index (Phi) is 4.94. The first-order valence-electron chi connectivity index (χ1n) is 5.73. The molecule has 0 unspecified atom stereocenters. The fourth-order valence-corrected chi connectivity index (χ4v) is 2.08. The third kappa shape index (κ3) is 3.19. The first-order chi connectivity index (χ1) is 8.01. The quantitative estimate of drug-likeness (QED) is 0.577. The van der Waals surface area contributed by atoms with Gasteiger partial charge in [-0.05, 0) is 6.42 Å². The minimum Gasteiger partial charge on any atom is -0.388 e. The maximum atomic E-state index is 11.1. The average Bonchev–Trinajstić information content (AvgIpc) is 2.28. The Morgan fingerprint density at radius 3 is 2.53 bits per heavy atom. The van der Waals surface area contributed by atoms with E-state index in [-0.39, 0.29) is 12.3 Å². The van der Waals surface area contributed by atoms with Crippen molar-refractivity contribution in [3.8, 4) is 12.3 Å². The normalized spacial score (nSPS) is 37.2. The van der Waals surface area contributed by atoms with Gasteiger partial charge in [0.25, 0.3) is 0 Å². The standard InChI is InChI=1S/C12H19NO4/c1-4-6-9-10(13-7(3)14)12(16)11(15)8(5-2)17-9/h1,8-12,15-16H,5-6H2,2-3H3,(H,13,14)/t8-,9-,10+,11+,12-/m1/s1. The fourth-order valence-electron chi connectivity index (χ4n) is 2.08. The van der Waals surface area contributed by atoms with Crippen molar-refractivity contribution in [1.29, 1.82) is 0 Å². The third-order valence-corrected chi connectivity index (χ3v) is 2.94. The predicted octanol–water partition coefficient (Wildman–Crippen LogP) is -0.586. The molecule has 0 bridgehead atoms. The Labute approximate surface area is 101 Å². The van der Waals surface area contributed by atoms with E-state index in [2.05, 4.69) is 11.2 Å². The summed E-state index contributed by atoms with van der Waals surface area (Å²) < 4.78 is 5.60. The zero-order valence-electron chi connectivity index (χ0n) is 10.1. The Balaban J connectivity index is 2.83. The van der Waals surface area contributed by atoms with E-state index in [9.17, 15) is 15.0 Å². The van der Waals surface area contributed by atoms with Crippen LogP contribution in [0.3, 0.4) is 0 Å². The van der Waals surface area contributed by atoms with E-state index in [1.54, 1.807) is 0 Å². The van der Waals surface area contributed by atoms with Crippen molar-refractivity contribution in [2.24, 2.45) is 0 Å². The van der Waals surface area contributed by atoms with E-state index in [0.29, 0.717) is 6.42 Å². The van der Waals surface area contributed by atoms with Crippen LogP contribution in [0.15, 0.2) is 0 Å². The lowest BCUT2D eigenvalue weighted by atomic mass is 9.90. The molecule has 0 aliphatic carbocycles. The number of ether oxygens (including phenoxy) is 1. The highest BCUT2D eigenvalue weighted by Crippen LogP contribution is 2.24. The summed E-state index contributed by atoms with van der Waals surface area (Å²) in [5, 5.41) is 22.4. The maximum absolute atomic E-state index is 11.1. The van der Waals surface area contributed by atoms with Crippen LogP contribution in [0.4, 0.5) is 0 Å². The van der Waals surface area contributed by atoms with Gasteiger partial charge in [-0.2, -0.15) is 0 Å². The van der Waals surface area contributed by atoms with Gasteiger partial charge in [-0.25, -0.2) is 0 Å². The smallest absolute Gasteiger partial charge is 0.217 e. The summed E-state index contributed by atoms with van der Waals surface area (Å²) in [4.78, 5) is 11.1. The number of aliphatic hydroxyl groups is 2. The molecule has 0 aromatic rings. The molecule has 1 rings (SSSR count). The van der Waals surface area contributed by atoms with Gasteiger partial charge in [0.05, 0.1) is 18.2 Å². The SMILES string of the molecule is C#CC[C@H]1O[C@H](CC)[C@H](O)[C@H](O)[C@H]1NC(C)=O. The molecule has 0 aromatic heterocycles. The minimum absolute atomic E-state index is 0.283. The number of rotatable bonds is 3. The van der Waals surface area contributed by atoms with Crippen molar-refractivity contribution in [1.82, 2.24) is 5.32 Å². The van der Waals surface area contributed by atoms with Gasteiger partial charge in [0, 0.05) is 13.3 Å². The van der Waals surface area contributed by atoms with Crippen LogP contribution in [0.1, 0.15) is 26.7 Å². The van der Waals surface area contributed by atoms with Crippen molar-refractivity contribution < 1.29 is 19.7 Å². The monoisotopic (exact) mass is 241 g/mol. The molecule has 5 nitrogen and oxygen atoms in total. The highest BCUT2D eigenvalue weighted by atomic mass is 16.5. The summed E-state index contributed by atoms with van der Waals surface area (Å²) in [5.41, 5.74) is 0. The summed E-state index contributed by atoms with van der Waals surface area (Å²) in [7, 11) is 0. The average molecular weight is 241 g/mol. The van der Waals surface area contributed by atoms with Crippen LogP contribution in [0, 0.1) is 12.3 Å². The van der Waals surface area contributed by atoms with Gasteiger partial charge in [-0.15, -0.1) is 12.3 Å². The molecule has 1 aliphatic rings. The second kappa shape index (κ2) is 6.01. The fraction of sp³-hybridized carbons (Fsp3) is 0.750. The van der Waals surface area contributed by atoms with Gasteiger partial charge in [0.1, 0.15) is 12.2 Å². The first-order valence-corrected chi connectivity index (χ1v) is 5.73. The zero-order valence-corrected chi connectivity index (χ0v) is 10.1. The van der Waals surface area contributed by atoms with E-state index in [1.807, 2.05) is 6.92 Å². The number of carbonyl (C=O) groups excluding carboxylic acids is 1.